The number of hydrogen-bond acceptors (Lipinski definition) is 3. The lowest BCUT2D eigenvalue weighted by molar-refractivity contribution is -0.127. The van der Waals surface area contributed by atoms with E-state index in [1.54, 1.807) is 36.0 Å². The Morgan fingerprint density at radius 3 is 2.56 bits per heavy atom. The first-order chi connectivity index (χ1) is 12.1. The monoisotopic (exact) mass is 397 g/mol. The zero-order chi connectivity index (χ0) is 18.1. The van der Waals surface area contributed by atoms with Gasteiger partial charge < -0.3 is 10.1 Å². The first-order valence-electron chi connectivity index (χ1n) is 8.11. The quantitative estimate of drug-likeness (QED) is 0.590. The van der Waals surface area contributed by atoms with Crippen molar-refractivity contribution in [2.45, 2.75) is 25.2 Å². The highest BCUT2D eigenvalue weighted by Gasteiger charge is 2.17. The molecule has 0 aliphatic carbocycles. The molecule has 134 valence electrons. The molecule has 1 atom stereocenters. The van der Waals surface area contributed by atoms with E-state index in [1.165, 1.54) is 0 Å². The Hall–Kier alpha value is -1.36. The van der Waals surface area contributed by atoms with Gasteiger partial charge in [-0.05, 0) is 42.3 Å². The van der Waals surface area contributed by atoms with Crippen molar-refractivity contribution in [2.75, 3.05) is 12.3 Å². The average molecular weight is 398 g/mol. The van der Waals surface area contributed by atoms with Crippen molar-refractivity contribution < 1.29 is 9.53 Å². The highest BCUT2D eigenvalue weighted by Crippen LogP contribution is 2.20. The summed E-state index contributed by atoms with van der Waals surface area (Å²) in [6.07, 6.45) is 0.0936. The van der Waals surface area contributed by atoms with Crippen molar-refractivity contribution in [3.05, 3.63) is 64.1 Å². The van der Waals surface area contributed by atoms with Gasteiger partial charge >= 0.3 is 0 Å². The van der Waals surface area contributed by atoms with E-state index in [9.17, 15) is 4.79 Å². The van der Waals surface area contributed by atoms with Gasteiger partial charge in [-0.2, -0.15) is 11.8 Å². The van der Waals surface area contributed by atoms with Crippen LogP contribution in [0.15, 0.2) is 48.5 Å². The van der Waals surface area contributed by atoms with Crippen LogP contribution in [0.2, 0.25) is 10.0 Å². The lowest BCUT2D eigenvalue weighted by Crippen LogP contribution is -2.39. The van der Waals surface area contributed by atoms with Gasteiger partial charge in [-0.1, -0.05) is 48.3 Å². The third kappa shape index (κ3) is 6.81. The van der Waals surface area contributed by atoms with Crippen molar-refractivity contribution in [1.82, 2.24) is 5.32 Å². The van der Waals surface area contributed by atoms with E-state index in [2.05, 4.69) is 5.32 Å². The number of ether oxygens (including phenoxy) is 1. The minimum absolute atomic E-state index is 0.101. The van der Waals surface area contributed by atoms with Crippen LogP contribution in [0.25, 0.3) is 0 Å². The molecule has 0 heterocycles. The second-order valence-electron chi connectivity index (χ2n) is 5.40. The van der Waals surface area contributed by atoms with Gasteiger partial charge in [0.25, 0.3) is 5.91 Å². The van der Waals surface area contributed by atoms with Crippen LogP contribution in [0.4, 0.5) is 0 Å². The van der Waals surface area contributed by atoms with Crippen LogP contribution in [0.5, 0.6) is 5.75 Å². The summed E-state index contributed by atoms with van der Waals surface area (Å²) in [5.41, 5.74) is 1.11. The predicted molar refractivity (Wildman–Crippen MR) is 107 cm³/mol. The summed E-state index contributed by atoms with van der Waals surface area (Å²) >= 11 is 13.7. The zero-order valence-corrected chi connectivity index (χ0v) is 16.3. The Morgan fingerprint density at radius 1 is 1.16 bits per heavy atom. The number of halogens is 2. The Kier molecular flexibility index (Phi) is 8.45. The normalized spacial score (nSPS) is 11.8. The number of benzene rings is 2. The fourth-order valence-corrected chi connectivity index (χ4v) is 3.43. The van der Waals surface area contributed by atoms with Crippen LogP contribution in [-0.4, -0.2) is 24.3 Å². The third-order valence-electron chi connectivity index (χ3n) is 3.52. The van der Waals surface area contributed by atoms with Crippen molar-refractivity contribution in [3.63, 3.8) is 0 Å². The smallest absolute Gasteiger partial charge is 0.261 e. The van der Waals surface area contributed by atoms with Gasteiger partial charge in [0.2, 0.25) is 0 Å². The topological polar surface area (TPSA) is 38.3 Å². The van der Waals surface area contributed by atoms with E-state index < -0.39 is 6.10 Å². The number of amides is 1. The molecule has 0 saturated carbocycles. The molecule has 2 aromatic carbocycles. The number of carbonyl (C=O) groups excluding carboxylic acids is 1. The molecule has 0 unspecified atom stereocenters. The number of carbonyl (C=O) groups is 1. The van der Waals surface area contributed by atoms with Crippen molar-refractivity contribution in [1.29, 1.82) is 0 Å². The molecule has 2 rings (SSSR count). The molecule has 1 N–H and O–H groups in total. The number of hydrogen-bond donors (Lipinski definition) is 1. The van der Waals surface area contributed by atoms with Gasteiger partial charge in [0.15, 0.2) is 6.10 Å². The number of thioether (sulfide) groups is 1. The summed E-state index contributed by atoms with van der Waals surface area (Å²) in [7, 11) is 0. The Morgan fingerprint density at radius 2 is 1.88 bits per heavy atom. The lowest BCUT2D eigenvalue weighted by atomic mass is 10.2. The minimum atomic E-state index is -0.505. The van der Waals surface area contributed by atoms with Crippen LogP contribution in [0.3, 0.4) is 0 Å². The maximum Gasteiger partial charge on any atom is 0.261 e. The van der Waals surface area contributed by atoms with Crippen molar-refractivity contribution in [3.8, 4) is 5.75 Å². The van der Waals surface area contributed by atoms with Gasteiger partial charge in [-0.15, -0.1) is 0 Å². The second kappa shape index (κ2) is 10.6. The standard InChI is InChI=1S/C19H21Cl2NO2S/c1-2-18(24-16-9-7-15(20)8-10-16)19(23)22-11-12-25-13-14-5-3-4-6-17(14)21/h3-10,18H,2,11-13H2,1H3,(H,22,23)/t18-/m0/s1. The van der Waals surface area contributed by atoms with E-state index >= 15 is 0 Å². The molecule has 0 saturated heterocycles. The molecule has 6 heteroatoms. The lowest BCUT2D eigenvalue weighted by Gasteiger charge is -2.17. The highest BCUT2D eigenvalue weighted by atomic mass is 35.5. The van der Waals surface area contributed by atoms with E-state index in [-0.39, 0.29) is 5.91 Å². The largest absolute Gasteiger partial charge is 0.481 e. The van der Waals surface area contributed by atoms with Gasteiger partial charge in [-0.25, -0.2) is 0 Å². The maximum atomic E-state index is 12.2. The number of nitrogens with one attached hydrogen (secondary N) is 1. The second-order valence-corrected chi connectivity index (χ2v) is 7.35. The van der Waals surface area contributed by atoms with Crippen LogP contribution in [0.1, 0.15) is 18.9 Å². The summed E-state index contributed by atoms with van der Waals surface area (Å²) in [4.78, 5) is 12.2. The van der Waals surface area contributed by atoms with Crippen molar-refractivity contribution >= 4 is 40.9 Å². The molecular formula is C19H21Cl2NO2S. The molecule has 0 aromatic heterocycles. The van der Waals surface area contributed by atoms with Gasteiger partial charge in [-0.3, -0.25) is 4.79 Å². The van der Waals surface area contributed by atoms with Crippen LogP contribution in [0, 0.1) is 0 Å². The zero-order valence-electron chi connectivity index (χ0n) is 14.0. The summed E-state index contributed by atoms with van der Waals surface area (Å²) in [5, 5.41) is 4.34. The molecule has 1 amide bonds. The fraction of sp³-hybridized carbons (Fsp3) is 0.316. The number of rotatable bonds is 9. The molecule has 0 fully saturated rings. The first kappa shape index (κ1) is 20.0. The van der Waals surface area contributed by atoms with E-state index in [1.807, 2.05) is 31.2 Å². The summed E-state index contributed by atoms with van der Waals surface area (Å²) in [5.74, 6) is 2.18. The maximum absolute atomic E-state index is 12.2. The molecule has 25 heavy (non-hydrogen) atoms. The molecule has 0 radical (unpaired) electrons. The average Bonchev–Trinajstić information content (AvgIpc) is 2.62. The van der Waals surface area contributed by atoms with E-state index in [4.69, 9.17) is 27.9 Å². The van der Waals surface area contributed by atoms with Gasteiger partial charge in [0.05, 0.1) is 0 Å². The minimum Gasteiger partial charge on any atom is -0.481 e. The summed E-state index contributed by atoms with van der Waals surface area (Å²) in [6, 6.07) is 14.8. The van der Waals surface area contributed by atoms with Crippen molar-refractivity contribution in [2.24, 2.45) is 0 Å². The van der Waals surface area contributed by atoms with Gasteiger partial charge in [0.1, 0.15) is 5.75 Å². The Balaban J connectivity index is 1.71. The SMILES string of the molecule is CC[C@H](Oc1ccc(Cl)cc1)C(=O)NCCSCc1ccccc1Cl. The molecule has 0 spiro atoms. The van der Waals surface area contributed by atoms with Crippen LogP contribution in [-0.2, 0) is 10.5 Å². The molecule has 2 aromatic rings. The van der Waals surface area contributed by atoms with Crippen LogP contribution >= 0.6 is 35.0 Å². The first-order valence-corrected chi connectivity index (χ1v) is 10.0. The molecule has 0 bridgehead atoms. The van der Waals surface area contributed by atoms with E-state index in [0.717, 1.165) is 22.1 Å². The third-order valence-corrected chi connectivity index (χ3v) is 5.14. The fourth-order valence-electron chi connectivity index (χ4n) is 2.16. The van der Waals surface area contributed by atoms with Crippen LogP contribution < -0.4 is 10.1 Å². The molecule has 0 aliphatic heterocycles. The Bertz CT molecular complexity index is 679. The predicted octanol–water partition coefficient (Wildman–Crippen LogP) is 5.20. The van der Waals surface area contributed by atoms with Gasteiger partial charge in [0, 0.05) is 28.1 Å². The molecule has 0 aliphatic rings. The Labute approximate surface area is 163 Å². The summed E-state index contributed by atoms with van der Waals surface area (Å²) in [6.45, 7) is 2.51. The van der Waals surface area contributed by atoms with E-state index in [0.29, 0.717) is 23.7 Å². The molecular weight excluding hydrogens is 377 g/mol. The highest BCUT2D eigenvalue weighted by molar-refractivity contribution is 7.98. The summed E-state index contributed by atoms with van der Waals surface area (Å²) < 4.78 is 5.73. The molecule has 3 nitrogen and oxygen atoms in total.